The first-order valence-corrected chi connectivity index (χ1v) is 14.0. The number of amides is 1. The molecule has 7 nitrogen and oxygen atoms in total. The van der Waals surface area contributed by atoms with Crippen molar-refractivity contribution >= 4 is 28.9 Å². The van der Waals surface area contributed by atoms with E-state index in [-0.39, 0.29) is 5.91 Å². The van der Waals surface area contributed by atoms with E-state index in [1.807, 2.05) is 35.2 Å². The second-order valence-electron chi connectivity index (χ2n) is 11.1. The number of nitrogens with zero attached hydrogens (tertiary/aromatic N) is 5. The van der Waals surface area contributed by atoms with Crippen LogP contribution < -0.4 is 15.1 Å². The molecule has 2 aromatic carbocycles. The van der Waals surface area contributed by atoms with Gasteiger partial charge < -0.3 is 20.0 Å². The fraction of sp³-hybridized carbons (Fsp3) is 0.517. The molecule has 0 saturated carbocycles. The van der Waals surface area contributed by atoms with Gasteiger partial charge in [0, 0.05) is 88.4 Å². The molecule has 0 radical (unpaired) electrons. The summed E-state index contributed by atoms with van der Waals surface area (Å²) in [5, 5.41) is 13.0. The number of piperidine rings is 1. The van der Waals surface area contributed by atoms with E-state index in [0.717, 1.165) is 89.5 Å². The van der Waals surface area contributed by atoms with E-state index >= 15 is 0 Å². The van der Waals surface area contributed by atoms with Gasteiger partial charge >= 0.3 is 0 Å². The highest BCUT2D eigenvalue weighted by Gasteiger charge is 2.41. The van der Waals surface area contributed by atoms with Crippen molar-refractivity contribution in [3.05, 3.63) is 58.6 Å². The third-order valence-corrected chi connectivity index (χ3v) is 9.37. The van der Waals surface area contributed by atoms with E-state index in [1.54, 1.807) is 0 Å². The molecule has 6 rings (SSSR count). The molecule has 0 atom stereocenters. The number of nitrogens with one attached hydrogen (secondary N) is 1. The van der Waals surface area contributed by atoms with Crippen LogP contribution in [0.2, 0.25) is 5.02 Å². The molecule has 8 heteroatoms. The quantitative estimate of drug-likeness (QED) is 0.669. The normalized spacial score (nSPS) is 22.2. The monoisotopic (exact) mass is 518 g/mol. The van der Waals surface area contributed by atoms with Crippen LogP contribution in [0.5, 0.6) is 0 Å². The van der Waals surface area contributed by atoms with Gasteiger partial charge in [-0.05, 0) is 67.1 Å². The average molecular weight is 519 g/mol. The van der Waals surface area contributed by atoms with E-state index in [9.17, 15) is 4.79 Å². The van der Waals surface area contributed by atoms with Gasteiger partial charge in [-0.15, -0.1) is 0 Å². The lowest BCUT2D eigenvalue weighted by Crippen LogP contribution is -2.62. The molecule has 0 bridgehead atoms. The van der Waals surface area contributed by atoms with Crippen LogP contribution in [0.4, 0.5) is 11.4 Å². The first kappa shape index (κ1) is 24.5. The van der Waals surface area contributed by atoms with Crippen LogP contribution in [-0.2, 0) is 0 Å². The fourth-order valence-electron chi connectivity index (χ4n) is 6.41. The second-order valence-corrected chi connectivity index (χ2v) is 11.5. The Bertz CT molecular complexity index is 1170. The van der Waals surface area contributed by atoms with Gasteiger partial charge in [0.1, 0.15) is 6.07 Å². The topological polar surface area (TPSA) is 65.9 Å². The SMILES string of the molecule is N#Cc1ccc(N2CCC3(CCN(c4ccc(C(=O)N5CCN(C6CNC6)CC5)cc4)CC3)C2)cc1Cl. The van der Waals surface area contributed by atoms with Crippen molar-refractivity contribution in [1.82, 2.24) is 15.1 Å². The third-order valence-electron chi connectivity index (χ3n) is 9.06. The minimum absolute atomic E-state index is 0.157. The average Bonchev–Trinajstić information content (AvgIpc) is 3.32. The van der Waals surface area contributed by atoms with Gasteiger partial charge in [-0.2, -0.15) is 5.26 Å². The Morgan fingerprint density at radius 1 is 0.892 bits per heavy atom. The summed E-state index contributed by atoms with van der Waals surface area (Å²) in [5.74, 6) is 0.157. The molecule has 4 aliphatic rings. The largest absolute Gasteiger partial charge is 0.371 e. The van der Waals surface area contributed by atoms with Crippen molar-refractivity contribution in [2.45, 2.75) is 25.3 Å². The first-order valence-electron chi connectivity index (χ1n) is 13.6. The maximum Gasteiger partial charge on any atom is 0.253 e. The fourth-order valence-corrected chi connectivity index (χ4v) is 6.63. The minimum Gasteiger partial charge on any atom is -0.371 e. The summed E-state index contributed by atoms with van der Waals surface area (Å²) in [6, 6.07) is 16.9. The third kappa shape index (κ3) is 4.90. The highest BCUT2D eigenvalue weighted by atomic mass is 35.5. The maximum atomic E-state index is 13.1. The number of anilines is 2. The maximum absolute atomic E-state index is 13.1. The number of nitriles is 1. The molecule has 0 aromatic heterocycles. The zero-order chi connectivity index (χ0) is 25.4. The van der Waals surface area contributed by atoms with Gasteiger partial charge in [-0.3, -0.25) is 9.69 Å². The molecular weight excluding hydrogens is 484 g/mol. The molecular formula is C29H35ClN6O. The van der Waals surface area contributed by atoms with Crippen molar-refractivity contribution in [3.63, 3.8) is 0 Å². The zero-order valence-corrected chi connectivity index (χ0v) is 22.1. The van der Waals surface area contributed by atoms with Gasteiger partial charge in [-0.25, -0.2) is 0 Å². The van der Waals surface area contributed by atoms with E-state index < -0.39 is 0 Å². The molecule has 194 valence electrons. The first-order chi connectivity index (χ1) is 18.0. The summed E-state index contributed by atoms with van der Waals surface area (Å²) in [5.41, 5.74) is 3.99. The van der Waals surface area contributed by atoms with Crippen molar-refractivity contribution in [3.8, 4) is 6.07 Å². The Kier molecular flexibility index (Phi) is 6.74. The molecule has 4 heterocycles. The van der Waals surface area contributed by atoms with Crippen molar-refractivity contribution in [2.75, 3.05) is 75.2 Å². The van der Waals surface area contributed by atoms with Gasteiger partial charge in [0.25, 0.3) is 5.91 Å². The molecule has 4 fully saturated rings. The summed E-state index contributed by atoms with van der Waals surface area (Å²) in [7, 11) is 0. The number of halogens is 1. The van der Waals surface area contributed by atoms with Crippen LogP contribution in [0.15, 0.2) is 42.5 Å². The Morgan fingerprint density at radius 3 is 2.14 bits per heavy atom. The molecule has 1 spiro atoms. The van der Waals surface area contributed by atoms with Crippen molar-refractivity contribution in [2.24, 2.45) is 5.41 Å². The Hall–Kier alpha value is -2.79. The van der Waals surface area contributed by atoms with Gasteiger partial charge in [-0.1, -0.05) is 11.6 Å². The Morgan fingerprint density at radius 2 is 1.54 bits per heavy atom. The number of rotatable bonds is 4. The van der Waals surface area contributed by atoms with E-state index in [0.29, 0.717) is 22.0 Å². The van der Waals surface area contributed by atoms with Crippen LogP contribution in [0.1, 0.15) is 35.2 Å². The number of benzene rings is 2. The molecule has 4 aliphatic heterocycles. The second kappa shape index (κ2) is 10.2. The zero-order valence-electron chi connectivity index (χ0n) is 21.3. The molecule has 4 saturated heterocycles. The summed E-state index contributed by atoms with van der Waals surface area (Å²) in [6.07, 6.45) is 3.51. The highest BCUT2D eigenvalue weighted by molar-refractivity contribution is 6.32. The van der Waals surface area contributed by atoms with Crippen LogP contribution in [-0.4, -0.2) is 87.2 Å². The van der Waals surface area contributed by atoms with E-state index in [2.05, 4.69) is 38.2 Å². The molecule has 1 amide bonds. The van der Waals surface area contributed by atoms with Crippen molar-refractivity contribution < 1.29 is 4.79 Å². The summed E-state index contributed by atoms with van der Waals surface area (Å²) in [6.45, 7) is 9.89. The van der Waals surface area contributed by atoms with E-state index in [4.69, 9.17) is 16.9 Å². The Labute approximate surface area is 224 Å². The van der Waals surface area contributed by atoms with E-state index in [1.165, 1.54) is 12.1 Å². The molecule has 0 aliphatic carbocycles. The predicted octanol–water partition coefficient (Wildman–Crippen LogP) is 3.44. The van der Waals surface area contributed by atoms with Crippen LogP contribution in [0, 0.1) is 16.7 Å². The predicted molar refractivity (Wildman–Crippen MR) is 147 cm³/mol. The lowest BCUT2D eigenvalue weighted by atomic mass is 9.77. The minimum atomic E-state index is 0.157. The summed E-state index contributed by atoms with van der Waals surface area (Å²) < 4.78 is 0. The highest BCUT2D eigenvalue weighted by Crippen LogP contribution is 2.43. The standard InChI is InChI=1S/C29H35ClN6O/c30-27-17-25(6-3-23(27)18-31)36-12-9-29(21-36)7-10-33(11-8-29)24-4-1-22(2-5-24)28(37)35-15-13-34(14-16-35)26-19-32-20-26/h1-6,17,26,32H,7-16,19-21H2. The number of carbonyl (C=O) groups excluding carboxylic acids is 1. The summed E-state index contributed by atoms with van der Waals surface area (Å²) >= 11 is 6.29. The lowest BCUT2D eigenvalue weighted by molar-refractivity contribution is 0.0502. The molecule has 0 unspecified atom stereocenters. The van der Waals surface area contributed by atoms with Gasteiger partial charge in [0.05, 0.1) is 10.6 Å². The number of piperazine rings is 1. The lowest BCUT2D eigenvalue weighted by Gasteiger charge is -2.43. The number of hydrogen-bond donors (Lipinski definition) is 1. The Balaban J connectivity index is 1.02. The van der Waals surface area contributed by atoms with Crippen LogP contribution in [0.3, 0.4) is 0 Å². The van der Waals surface area contributed by atoms with Crippen LogP contribution >= 0.6 is 11.6 Å². The molecule has 1 N–H and O–H groups in total. The molecule has 2 aromatic rings. The molecule has 37 heavy (non-hydrogen) atoms. The van der Waals surface area contributed by atoms with Gasteiger partial charge in [0.15, 0.2) is 0 Å². The van der Waals surface area contributed by atoms with Crippen LogP contribution in [0.25, 0.3) is 0 Å². The van der Waals surface area contributed by atoms with Gasteiger partial charge in [0.2, 0.25) is 0 Å². The number of hydrogen-bond acceptors (Lipinski definition) is 6. The van der Waals surface area contributed by atoms with Crippen molar-refractivity contribution in [1.29, 1.82) is 5.26 Å². The summed E-state index contributed by atoms with van der Waals surface area (Å²) in [4.78, 5) is 22.5. The smallest absolute Gasteiger partial charge is 0.253 e. The number of carbonyl (C=O) groups is 1.